The molecular formula is C22H22N6O2. The molecule has 0 unspecified atom stereocenters. The highest BCUT2D eigenvalue weighted by atomic mass is 16.5. The van der Waals surface area contributed by atoms with Crippen molar-refractivity contribution in [1.29, 1.82) is 0 Å². The van der Waals surface area contributed by atoms with Crippen LogP contribution in [0.4, 0.5) is 5.69 Å². The highest BCUT2D eigenvalue weighted by Gasteiger charge is 2.22. The number of aryl methyl sites for hydroxylation is 1. The minimum absolute atomic E-state index is 0.226. The number of nitrogens with zero attached hydrogens (tertiary/aromatic N) is 4. The molecule has 1 fully saturated rings. The van der Waals surface area contributed by atoms with Crippen LogP contribution in [0.5, 0.6) is 0 Å². The summed E-state index contributed by atoms with van der Waals surface area (Å²) in [4.78, 5) is 21.8. The largest absolute Gasteiger partial charge is 0.339 e. The number of pyridine rings is 1. The Balaban J connectivity index is 1.40. The van der Waals surface area contributed by atoms with E-state index < -0.39 is 0 Å². The third-order valence-corrected chi connectivity index (χ3v) is 5.48. The molecule has 152 valence electrons. The van der Waals surface area contributed by atoms with Crippen LogP contribution in [0.25, 0.3) is 17.0 Å². The van der Waals surface area contributed by atoms with Crippen molar-refractivity contribution >= 4 is 17.2 Å². The molecular weight excluding hydrogens is 380 g/mol. The summed E-state index contributed by atoms with van der Waals surface area (Å²) in [5.41, 5.74) is 3.65. The Bertz CT molecular complexity index is 1210. The maximum absolute atomic E-state index is 12.9. The molecule has 1 aliphatic rings. The van der Waals surface area contributed by atoms with Gasteiger partial charge in [-0.25, -0.2) is 4.98 Å². The van der Waals surface area contributed by atoms with Gasteiger partial charge in [0.25, 0.3) is 5.91 Å². The lowest BCUT2D eigenvalue weighted by molar-refractivity contribution is 0.102. The number of imidazole rings is 1. The van der Waals surface area contributed by atoms with E-state index in [1.165, 1.54) is 0 Å². The fourth-order valence-electron chi connectivity index (χ4n) is 3.76. The van der Waals surface area contributed by atoms with Crippen molar-refractivity contribution < 1.29 is 9.32 Å². The van der Waals surface area contributed by atoms with E-state index in [0.717, 1.165) is 42.7 Å². The SMILES string of the molecule is Cc1ccc(-c2noc([C@H]3CCCNC3)n2)cc1NC(=O)c1cnc2ccccn12. The summed E-state index contributed by atoms with van der Waals surface area (Å²) in [7, 11) is 0. The summed E-state index contributed by atoms with van der Waals surface area (Å²) in [5.74, 6) is 1.21. The van der Waals surface area contributed by atoms with Crippen molar-refractivity contribution in [3.05, 3.63) is 65.9 Å². The predicted octanol–water partition coefficient (Wildman–Crippen LogP) is 3.41. The molecule has 1 amide bonds. The van der Waals surface area contributed by atoms with Gasteiger partial charge in [0, 0.05) is 24.0 Å². The number of hydrogen-bond donors (Lipinski definition) is 2. The van der Waals surface area contributed by atoms with Crippen molar-refractivity contribution in [3.8, 4) is 11.4 Å². The lowest BCUT2D eigenvalue weighted by Gasteiger charge is -2.18. The van der Waals surface area contributed by atoms with E-state index in [1.54, 1.807) is 10.6 Å². The van der Waals surface area contributed by atoms with Gasteiger partial charge in [0.15, 0.2) is 0 Å². The maximum atomic E-state index is 12.9. The highest BCUT2D eigenvalue weighted by Crippen LogP contribution is 2.27. The van der Waals surface area contributed by atoms with Gasteiger partial charge >= 0.3 is 0 Å². The molecule has 1 aliphatic heterocycles. The lowest BCUT2D eigenvalue weighted by Crippen LogP contribution is -2.28. The van der Waals surface area contributed by atoms with Gasteiger partial charge in [0.05, 0.1) is 12.1 Å². The second-order valence-electron chi connectivity index (χ2n) is 7.56. The van der Waals surface area contributed by atoms with Crippen molar-refractivity contribution in [2.75, 3.05) is 18.4 Å². The van der Waals surface area contributed by atoms with Gasteiger partial charge in [-0.2, -0.15) is 4.98 Å². The molecule has 1 saturated heterocycles. The second-order valence-corrected chi connectivity index (χ2v) is 7.56. The summed E-state index contributed by atoms with van der Waals surface area (Å²) < 4.78 is 7.28. The Morgan fingerprint density at radius 2 is 2.23 bits per heavy atom. The standard InChI is InChI=1S/C22H22N6O2/c1-14-7-8-15(20-26-22(30-27-20)16-5-4-9-23-12-16)11-17(14)25-21(29)18-13-24-19-6-2-3-10-28(18)19/h2-3,6-8,10-11,13,16,23H,4-5,9,12H2,1H3,(H,25,29)/t16-/m0/s1. The van der Waals surface area contributed by atoms with Crippen LogP contribution >= 0.6 is 0 Å². The van der Waals surface area contributed by atoms with Crippen LogP contribution in [-0.4, -0.2) is 38.5 Å². The molecule has 0 bridgehead atoms. The summed E-state index contributed by atoms with van der Waals surface area (Å²) >= 11 is 0. The molecule has 2 N–H and O–H groups in total. The monoisotopic (exact) mass is 402 g/mol. The first-order valence-electron chi connectivity index (χ1n) is 10.1. The number of benzene rings is 1. The molecule has 0 spiro atoms. The Kier molecular flexibility index (Phi) is 4.76. The Labute approximate surface area is 173 Å². The number of rotatable bonds is 4. The number of piperidine rings is 1. The van der Waals surface area contributed by atoms with Gasteiger partial charge in [-0.1, -0.05) is 23.4 Å². The molecule has 4 heterocycles. The molecule has 0 radical (unpaired) electrons. The normalized spacial score (nSPS) is 16.6. The molecule has 0 saturated carbocycles. The molecule has 0 aliphatic carbocycles. The molecule has 1 aromatic carbocycles. The third kappa shape index (κ3) is 3.46. The molecule has 1 atom stereocenters. The predicted molar refractivity (Wildman–Crippen MR) is 112 cm³/mol. The first kappa shape index (κ1) is 18.5. The molecule has 3 aromatic heterocycles. The van der Waals surface area contributed by atoms with Crippen molar-refractivity contribution in [2.24, 2.45) is 0 Å². The fourth-order valence-corrected chi connectivity index (χ4v) is 3.76. The topological polar surface area (TPSA) is 97.4 Å². The van der Waals surface area contributed by atoms with E-state index in [2.05, 4.69) is 25.8 Å². The summed E-state index contributed by atoms with van der Waals surface area (Å²) in [6, 6.07) is 11.4. The Hall–Kier alpha value is -3.52. The molecule has 8 heteroatoms. The minimum atomic E-state index is -0.226. The van der Waals surface area contributed by atoms with Crippen LogP contribution in [0, 0.1) is 6.92 Å². The second kappa shape index (κ2) is 7.72. The first-order valence-corrected chi connectivity index (χ1v) is 10.1. The zero-order valence-electron chi connectivity index (χ0n) is 16.6. The number of nitrogens with one attached hydrogen (secondary N) is 2. The number of hydrogen-bond acceptors (Lipinski definition) is 6. The van der Waals surface area contributed by atoms with E-state index >= 15 is 0 Å². The van der Waals surface area contributed by atoms with Crippen molar-refractivity contribution in [2.45, 2.75) is 25.7 Å². The van der Waals surface area contributed by atoms with Gasteiger partial charge in [-0.3, -0.25) is 9.20 Å². The average Bonchev–Trinajstić information content (AvgIpc) is 3.43. The van der Waals surface area contributed by atoms with Crippen LogP contribution < -0.4 is 10.6 Å². The number of carbonyl (C=O) groups excluding carboxylic acids is 1. The van der Waals surface area contributed by atoms with E-state index in [-0.39, 0.29) is 11.8 Å². The number of fused-ring (bicyclic) bond motifs is 1. The van der Waals surface area contributed by atoms with E-state index in [9.17, 15) is 4.79 Å². The first-order chi connectivity index (χ1) is 14.7. The number of aromatic nitrogens is 4. The smallest absolute Gasteiger partial charge is 0.274 e. The summed E-state index contributed by atoms with van der Waals surface area (Å²) in [6.45, 7) is 3.84. The van der Waals surface area contributed by atoms with E-state index in [0.29, 0.717) is 23.1 Å². The van der Waals surface area contributed by atoms with Crippen LogP contribution in [0.2, 0.25) is 0 Å². The third-order valence-electron chi connectivity index (χ3n) is 5.48. The van der Waals surface area contributed by atoms with E-state index in [4.69, 9.17) is 4.52 Å². The Morgan fingerprint density at radius 1 is 1.30 bits per heavy atom. The molecule has 4 aromatic rings. The number of carbonyl (C=O) groups is 1. The van der Waals surface area contributed by atoms with Crippen LogP contribution in [0.3, 0.4) is 0 Å². The van der Waals surface area contributed by atoms with Crippen LogP contribution in [-0.2, 0) is 0 Å². The Morgan fingerprint density at radius 3 is 3.10 bits per heavy atom. The van der Waals surface area contributed by atoms with E-state index in [1.807, 2.05) is 49.5 Å². The number of anilines is 1. The fraction of sp³-hybridized carbons (Fsp3) is 0.273. The van der Waals surface area contributed by atoms with Gasteiger partial charge in [0.2, 0.25) is 11.7 Å². The lowest BCUT2D eigenvalue weighted by atomic mass is 10.00. The molecule has 5 rings (SSSR count). The van der Waals surface area contributed by atoms with Gasteiger partial charge in [-0.05, 0) is 50.1 Å². The quantitative estimate of drug-likeness (QED) is 0.543. The zero-order chi connectivity index (χ0) is 20.5. The van der Waals surface area contributed by atoms with Crippen LogP contribution in [0.1, 0.15) is 40.7 Å². The van der Waals surface area contributed by atoms with Crippen molar-refractivity contribution in [1.82, 2.24) is 24.8 Å². The average molecular weight is 402 g/mol. The van der Waals surface area contributed by atoms with Gasteiger partial charge in [0.1, 0.15) is 11.3 Å². The van der Waals surface area contributed by atoms with Crippen molar-refractivity contribution in [3.63, 3.8) is 0 Å². The number of amides is 1. The summed E-state index contributed by atoms with van der Waals surface area (Å²) in [6.07, 6.45) is 5.55. The van der Waals surface area contributed by atoms with Crippen LogP contribution in [0.15, 0.2) is 53.3 Å². The minimum Gasteiger partial charge on any atom is -0.339 e. The highest BCUT2D eigenvalue weighted by molar-refractivity contribution is 6.04. The molecule has 30 heavy (non-hydrogen) atoms. The summed E-state index contributed by atoms with van der Waals surface area (Å²) in [5, 5.41) is 10.5. The van der Waals surface area contributed by atoms with Gasteiger partial charge in [-0.15, -0.1) is 0 Å². The maximum Gasteiger partial charge on any atom is 0.274 e. The zero-order valence-corrected chi connectivity index (χ0v) is 16.6. The van der Waals surface area contributed by atoms with Gasteiger partial charge < -0.3 is 15.2 Å². The molecule has 8 nitrogen and oxygen atoms in total.